The van der Waals surface area contributed by atoms with Crippen molar-refractivity contribution in [1.82, 2.24) is 9.88 Å². The lowest BCUT2D eigenvalue weighted by molar-refractivity contribution is -0.143. The van der Waals surface area contributed by atoms with Crippen molar-refractivity contribution in [3.05, 3.63) is 23.9 Å². The molecule has 2 aliphatic heterocycles. The number of anilines is 1. The second-order valence-electron chi connectivity index (χ2n) is 6.65. The largest absolute Gasteiger partial charge is 0.481 e. The van der Waals surface area contributed by atoms with Gasteiger partial charge < -0.3 is 14.9 Å². The van der Waals surface area contributed by atoms with Crippen molar-refractivity contribution in [2.24, 2.45) is 11.8 Å². The zero-order valence-corrected chi connectivity index (χ0v) is 13.4. The van der Waals surface area contributed by atoms with Crippen LogP contribution in [-0.2, 0) is 4.79 Å². The number of piperidine rings is 1. The van der Waals surface area contributed by atoms with E-state index >= 15 is 0 Å². The summed E-state index contributed by atoms with van der Waals surface area (Å²) in [6, 6.07) is 3.58. The molecule has 0 aliphatic carbocycles. The molecule has 0 bridgehead atoms. The Bertz CT molecular complexity index is 599. The fraction of sp³-hybridized carbons (Fsp3) is 0.588. The third-order valence-electron chi connectivity index (χ3n) is 4.72. The van der Waals surface area contributed by atoms with Gasteiger partial charge in [-0.05, 0) is 37.3 Å². The maximum Gasteiger partial charge on any atom is 0.308 e. The van der Waals surface area contributed by atoms with Crippen LogP contribution in [0.5, 0.6) is 0 Å². The van der Waals surface area contributed by atoms with Crippen LogP contribution < -0.4 is 4.90 Å². The summed E-state index contributed by atoms with van der Waals surface area (Å²) in [7, 11) is 0. The fourth-order valence-electron chi connectivity index (χ4n) is 3.61. The minimum Gasteiger partial charge on any atom is -0.481 e. The van der Waals surface area contributed by atoms with Gasteiger partial charge in [0.25, 0.3) is 5.91 Å². The van der Waals surface area contributed by atoms with Gasteiger partial charge in [-0.2, -0.15) is 0 Å². The van der Waals surface area contributed by atoms with Crippen LogP contribution in [0.3, 0.4) is 0 Å². The predicted octanol–water partition coefficient (Wildman–Crippen LogP) is 1.86. The van der Waals surface area contributed by atoms with Gasteiger partial charge in [-0.15, -0.1) is 0 Å². The molecule has 1 aromatic heterocycles. The van der Waals surface area contributed by atoms with Crippen LogP contribution in [0.4, 0.5) is 5.82 Å². The second-order valence-corrected chi connectivity index (χ2v) is 6.65. The van der Waals surface area contributed by atoms with Crippen molar-refractivity contribution >= 4 is 17.7 Å². The number of carboxylic acid groups (broad SMARTS) is 1. The Morgan fingerprint density at radius 3 is 2.70 bits per heavy atom. The number of carbonyl (C=O) groups is 2. The molecule has 23 heavy (non-hydrogen) atoms. The number of pyridine rings is 1. The number of likely N-dealkylation sites (tertiary alicyclic amines) is 1. The average molecular weight is 317 g/mol. The summed E-state index contributed by atoms with van der Waals surface area (Å²) in [5, 5.41) is 9.29. The molecule has 0 aromatic carbocycles. The zero-order valence-electron chi connectivity index (χ0n) is 13.4. The van der Waals surface area contributed by atoms with Crippen LogP contribution in [0.15, 0.2) is 18.3 Å². The molecule has 0 radical (unpaired) electrons. The predicted molar refractivity (Wildman–Crippen MR) is 86.5 cm³/mol. The first-order valence-corrected chi connectivity index (χ1v) is 8.28. The molecule has 2 saturated heterocycles. The van der Waals surface area contributed by atoms with Crippen molar-refractivity contribution in [3.8, 4) is 0 Å². The maximum atomic E-state index is 13.0. The van der Waals surface area contributed by atoms with E-state index in [1.54, 1.807) is 23.2 Å². The molecular weight excluding hydrogens is 294 g/mol. The van der Waals surface area contributed by atoms with Crippen molar-refractivity contribution in [3.63, 3.8) is 0 Å². The van der Waals surface area contributed by atoms with E-state index in [4.69, 9.17) is 0 Å². The van der Waals surface area contributed by atoms with Crippen LogP contribution in [0.1, 0.15) is 36.5 Å². The Hall–Kier alpha value is -2.11. The van der Waals surface area contributed by atoms with E-state index in [9.17, 15) is 14.7 Å². The number of carbonyl (C=O) groups excluding carboxylic acids is 1. The number of rotatable bonds is 3. The quantitative estimate of drug-likeness (QED) is 0.921. The Morgan fingerprint density at radius 1 is 1.26 bits per heavy atom. The van der Waals surface area contributed by atoms with Crippen LogP contribution >= 0.6 is 0 Å². The molecule has 3 rings (SSSR count). The molecule has 124 valence electrons. The van der Waals surface area contributed by atoms with Crippen molar-refractivity contribution < 1.29 is 14.7 Å². The van der Waals surface area contributed by atoms with Gasteiger partial charge in [0.15, 0.2) is 0 Å². The van der Waals surface area contributed by atoms with E-state index in [1.165, 1.54) is 0 Å². The molecular formula is C17H23N3O3. The highest BCUT2D eigenvalue weighted by molar-refractivity contribution is 5.99. The summed E-state index contributed by atoms with van der Waals surface area (Å²) >= 11 is 0. The van der Waals surface area contributed by atoms with Gasteiger partial charge in [-0.1, -0.05) is 6.92 Å². The highest BCUT2D eigenvalue weighted by Crippen LogP contribution is 2.27. The van der Waals surface area contributed by atoms with E-state index in [0.29, 0.717) is 18.5 Å². The second kappa shape index (κ2) is 6.56. The maximum absolute atomic E-state index is 13.0. The molecule has 0 spiro atoms. The number of hydrogen-bond donors (Lipinski definition) is 1. The molecule has 6 nitrogen and oxygen atoms in total. The first kappa shape index (κ1) is 15.8. The molecule has 2 atom stereocenters. The van der Waals surface area contributed by atoms with E-state index in [1.807, 2.05) is 6.92 Å². The molecule has 2 unspecified atom stereocenters. The normalized spacial score (nSPS) is 24.7. The van der Waals surface area contributed by atoms with Gasteiger partial charge in [-0.3, -0.25) is 9.59 Å². The van der Waals surface area contributed by atoms with Gasteiger partial charge in [0.1, 0.15) is 5.82 Å². The molecule has 2 aliphatic rings. The van der Waals surface area contributed by atoms with Gasteiger partial charge in [-0.25, -0.2) is 4.98 Å². The number of aromatic nitrogens is 1. The highest BCUT2D eigenvalue weighted by Gasteiger charge is 2.33. The number of nitrogens with zero attached hydrogens (tertiary/aromatic N) is 3. The highest BCUT2D eigenvalue weighted by atomic mass is 16.4. The lowest BCUT2D eigenvalue weighted by atomic mass is 9.90. The van der Waals surface area contributed by atoms with Crippen molar-refractivity contribution in [2.45, 2.75) is 26.2 Å². The Kier molecular flexibility index (Phi) is 4.50. The number of aliphatic carboxylic acids is 1. The molecule has 3 heterocycles. The summed E-state index contributed by atoms with van der Waals surface area (Å²) in [6.45, 7) is 4.74. The Morgan fingerprint density at radius 2 is 2.00 bits per heavy atom. The SMILES string of the molecule is CC1CC(C(=O)O)CN(C(=O)c2cccnc2N2CCCC2)C1. The van der Waals surface area contributed by atoms with Crippen molar-refractivity contribution in [1.29, 1.82) is 0 Å². The Labute approximate surface area is 136 Å². The lowest BCUT2D eigenvalue weighted by Gasteiger charge is -2.35. The van der Waals surface area contributed by atoms with E-state index in [0.717, 1.165) is 31.7 Å². The minimum absolute atomic E-state index is 0.0993. The fourth-order valence-corrected chi connectivity index (χ4v) is 3.61. The topological polar surface area (TPSA) is 73.7 Å². The minimum atomic E-state index is -0.819. The summed E-state index contributed by atoms with van der Waals surface area (Å²) in [5.74, 6) is -0.464. The lowest BCUT2D eigenvalue weighted by Crippen LogP contribution is -2.46. The van der Waals surface area contributed by atoms with E-state index < -0.39 is 11.9 Å². The standard InChI is InChI=1S/C17H23N3O3/c1-12-9-13(17(22)23)11-20(10-12)16(21)14-5-4-6-18-15(14)19-7-2-3-8-19/h4-6,12-13H,2-3,7-11H2,1H3,(H,22,23). The van der Waals surface area contributed by atoms with Crippen LogP contribution in [0.25, 0.3) is 0 Å². The van der Waals surface area contributed by atoms with Crippen LogP contribution in [0, 0.1) is 11.8 Å². The number of hydrogen-bond acceptors (Lipinski definition) is 4. The van der Waals surface area contributed by atoms with Crippen molar-refractivity contribution in [2.75, 3.05) is 31.1 Å². The first-order valence-electron chi connectivity index (χ1n) is 8.28. The molecule has 1 aromatic rings. The number of carboxylic acids is 1. The summed E-state index contributed by atoms with van der Waals surface area (Å²) in [6.07, 6.45) is 4.58. The number of amides is 1. The monoisotopic (exact) mass is 317 g/mol. The zero-order chi connectivity index (χ0) is 16.4. The smallest absolute Gasteiger partial charge is 0.308 e. The Balaban J connectivity index is 1.83. The molecule has 2 fully saturated rings. The van der Waals surface area contributed by atoms with Gasteiger partial charge in [0.05, 0.1) is 11.5 Å². The summed E-state index contributed by atoms with van der Waals surface area (Å²) < 4.78 is 0. The summed E-state index contributed by atoms with van der Waals surface area (Å²) in [4.78, 5) is 32.5. The van der Waals surface area contributed by atoms with Gasteiger partial charge in [0, 0.05) is 32.4 Å². The van der Waals surface area contributed by atoms with Gasteiger partial charge >= 0.3 is 5.97 Å². The van der Waals surface area contributed by atoms with E-state index in [2.05, 4.69) is 9.88 Å². The third-order valence-corrected chi connectivity index (χ3v) is 4.72. The van der Waals surface area contributed by atoms with Crippen LogP contribution in [0.2, 0.25) is 0 Å². The van der Waals surface area contributed by atoms with Crippen LogP contribution in [-0.4, -0.2) is 53.0 Å². The molecule has 1 amide bonds. The average Bonchev–Trinajstić information content (AvgIpc) is 3.08. The molecule has 0 saturated carbocycles. The van der Waals surface area contributed by atoms with Gasteiger partial charge in [0.2, 0.25) is 0 Å². The summed E-state index contributed by atoms with van der Waals surface area (Å²) in [5.41, 5.74) is 0.590. The molecule has 1 N–H and O–H groups in total. The van der Waals surface area contributed by atoms with E-state index in [-0.39, 0.29) is 18.4 Å². The molecule has 6 heteroatoms. The first-order chi connectivity index (χ1) is 11.1. The third kappa shape index (κ3) is 3.30.